The van der Waals surface area contributed by atoms with Gasteiger partial charge in [-0.05, 0) is 6.04 Å². The van der Waals surface area contributed by atoms with Gasteiger partial charge >= 0.3 is 9.05 Å². The highest BCUT2D eigenvalue weighted by molar-refractivity contribution is 6.60. The van der Waals surface area contributed by atoms with E-state index in [9.17, 15) is 0 Å². The number of hydrogen-bond donors (Lipinski definition) is 0. The molecule has 0 spiro atoms. The summed E-state index contributed by atoms with van der Waals surface area (Å²) >= 11 is 0. The van der Waals surface area contributed by atoms with Gasteiger partial charge < -0.3 is 17.4 Å². The predicted molar refractivity (Wildman–Crippen MR) is 74.6 cm³/mol. The minimum Gasteiger partial charge on any atom is -0.400 e. The van der Waals surface area contributed by atoms with E-state index in [0.29, 0.717) is 0 Å². The molecule has 17 heavy (non-hydrogen) atoms. The van der Waals surface area contributed by atoms with Crippen LogP contribution in [0.25, 0.3) is 0 Å². The molecule has 6 heteroatoms. The monoisotopic (exact) mass is 280 g/mol. The molecule has 0 atom stereocenters. The van der Waals surface area contributed by atoms with Gasteiger partial charge in [0.05, 0.1) is 0 Å². The highest BCUT2D eigenvalue weighted by Gasteiger charge is 2.41. The molecule has 0 aliphatic rings. The molecule has 4 nitrogen and oxygen atoms in total. The minimum absolute atomic E-state index is 0.579. The first kappa shape index (κ1) is 17.3. The molecule has 104 valence electrons. The Morgan fingerprint density at radius 1 is 0.824 bits per heavy atom. The number of hydrogen-bond acceptors (Lipinski definition) is 4. The molecular weight excluding hydrogens is 252 g/mol. The normalized spacial score (nSPS) is 12.7. The molecule has 0 aliphatic heterocycles. The van der Waals surface area contributed by atoms with Crippen LogP contribution in [0, 0.1) is 0 Å². The minimum atomic E-state index is -2.74. The van der Waals surface area contributed by atoms with Crippen molar-refractivity contribution in [3.05, 3.63) is 0 Å². The Labute approximate surface area is 109 Å². The molecule has 0 bridgehead atoms. The molecule has 0 heterocycles. The Balaban J connectivity index is 3.43. The van der Waals surface area contributed by atoms with Crippen LogP contribution < -0.4 is 0 Å². The lowest BCUT2D eigenvalue weighted by Crippen LogP contribution is -2.47. The van der Waals surface area contributed by atoms with Crippen molar-refractivity contribution in [2.45, 2.75) is 51.5 Å². The Hall–Kier alpha value is 0.274. The Bertz CT molecular complexity index is 157. The molecule has 0 rings (SSSR count). The van der Waals surface area contributed by atoms with Gasteiger partial charge in [0, 0.05) is 21.3 Å². The topological polar surface area (TPSA) is 36.9 Å². The van der Waals surface area contributed by atoms with Gasteiger partial charge in [-0.1, -0.05) is 45.4 Å². The van der Waals surface area contributed by atoms with Gasteiger partial charge in [-0.3, -0.25) is 0 Å². The van der Waals surface area contributed by atoms with Crippen molar-refractivity contribution in [1.82, 2.24) is 0 Å². The molecule has 0 aromatic carbocycles. The molecule has 0 aromatic heterocycles. The lowest BCUT2D eigenvalue weighted by molar-refractivity contribution is 0.0523. The molecule has 0 saturated carbocycles. The molecule has 0 unspecified atom stereocenters. The Kier molecular flexibility index (Phi) is 11.6. The second-order valence-electron chi connectivity index (χ2n) is 4.08. The summed E-state index contributed by atoms with van der Waals surface area (Å²) in [6.07, 6.45) is 7.97. The van der Waals surface area contributed by atoms with Crippen LogP contribution in [-0.2, 0) is 17.4 Å². The largest absolute Gasteiger partial charge is 0.667 e. The van der Waals surface area contributed by atoms with Crippen molar-refractivity contribution < 1.29 is 17.4 Å². The van der Waals surface area contributed by atoms with Crippen molar-refractivity contribution in [2.75, 3.05) is 21.3 Å². The average Bonchev–Trinajstić information content (AvgIpc) is 2.38. The molecule has 0 saturated heterocycles. The maximum Gasteiger partial charge on any atom is 0.667 e. The molecular formula is C11H28O4Si2. The molecule has 0 aliphatic carbocycles. The predicted octanol–water partition coefficient (Wildman–Crippen LogP) is 2.24. The second-order valence-corrected chi connectivity index (χ2v) is 8.58. The smallest absolute Gasteiger partial charge is 0.400 e. The molecule has 0 fully saturated rings. The van der Waals surface area contributed by atoms with Crippen LogP contribution in [0.15, 0.2) is 0 Å². The fourth-order valence-electron chi connectivity index (χ4n) is 1.68. The van der Waals surface area contributed by atoms with E-state index < -0.39 is 18.8 Å². The van der Waals surface area contributed by atoms with E-state index in [1.807, 2.05) is 0 Å². The first-order chi connectivity index (χ1) is 8.24. The summed E-state index contributed by atoms with van der Waals surface area (Å²) in [4.78, 5) is 0. The van der Waals surface area contributed by atoms with E-state index >= 15 is 0 Å². The van der Waals surface area contributed by atoms with Gasteiger partial charge in [0.15, 0.2) is 9.76 Å². The summed E-state index contributed by atoms with van der Waals surface area (Å²) in [7, 11) is 1.43. The summed E-state index contributed by atoms with van der Waals surface area (Å²) in [6, 6.07) is 1.18. The van der Waals surface area contributed by atoms with Gasteiger partial charge in [0.2, 0.25) is 0 Å². The summed E-state index contributed by atoms with van der Waals surface area (Å²) in [5.74, 6) is 0. The lowest BCUT2D eigenvalue weighted by Gasteiger charge is -2.23. The van der Waals surface area contributed by atoms with Crippen LogP contribution in [0.4, 0.5) is 0 Å². The van der Waals surface area contributed by atoms with Crippen LogP contribution in [0.5, 0.6) is 0 Å². The third-order valence-electron chi connectivity index (χ3n) is 2.78. The quantitative estimate of drug-likeness (QED) is 0.406. The van der Waals surface area contributed by atoms with Gasteiger partial charge in [0.1, 0.15) is 0 Å². The number of unbranched alkanes of at least 4 members (excludes halogenated alkanes) is 5. The van der Waals surface area contributed by atoms with Crippen molar-refractivity contribution >= 4 is 18.8 Å². The summed E-state index contributed by atoms with van der Waals surface area (Å²) in [6.45, 7) is 2.24. The highest BCUT2D eigenvalue weighted by atomic mass is 28.4. The van der Waals surface area contributed by atoms with E-state index in [2.05, 4.69) is 6.92 Å². The fourth-order valence-corrected chi connectivity index (χ4v) is 5.73. The highest BCUT2D eigenvalue weighted by Crippen LogP contribution is 2.10. The zero-order valence-electron chi connectivity index (χ0n) is 11.8. The third kappa shape index (κ3) is 8.07. The van der Waals surface area contributed by atoms with Crippen molar-refractivity contribution in [2.24, 2.45) is 0 Å². The van der Waals surface area contributed by atoms with Crippen LogP contribution in [0.3, 0.4) is 0 Å². The summed E-state index contributed by atoms with van der Waals surface area (Å²) in [5.41, 5.74) is 0. The van der Waals surface area contributed by atoms with E-state index in [4.69, 9.17) is 17.4 Å². The fraction of sp³-hybridized carbons (Fsp3) is 1.00. The van der Waals surface area contributed by atoms with E-state index in [1.165, 1.54) is 44.6 Å². The van der Waals surface area contributed by atoms with E-state index in [1.54, 1.807) is 21.3 Å². The first-order valence-corrected chi connectivity index (χ1v) is 9.75. The van der Waals surface area contributed by atoms with Crippen molar-refractivity contribution in [1.29, 1.82) is 0 Å². The Morgan fingerprint density at radius 3 is 1.88 bits per heavy atom. The molecule has 0 amide bonds. The van der Waals surface area contributed by atoms with Gasteiger partial charge in [0.25, 0.3) is 0 Å². The van der Waals surface area contributed by atoms with E-state index in [-0.39, 0.29) is 0 Å². The number of rotatable bonds is 12. The van der Waals surface area contributed by atoms with E-state index in [0.717, 1.165) is 0 Å². The van der Waals surface area contributed by atoms with Crippen LogP contribution in [0.2, 0.25) is 6.04 Å². The zero-order chi connectivity index (χ0) is 13.0. The second kappa shape index (κ2) is 11.4. The van der Waals surface area contributed by atoms with Crippen molar-refractivity contribution in [3.63, 3.8) is 0 Å². The lowest BCUT2D eigenvalue weighted by atomic mass is 10.1. The standard InChI is InChI=1S/C11H28O4Si2/c1-5-6-7-8-9-10-11-16-15-17(12-2,13-3)14-4/h5-11,16H2,1-4H3. The van der Waals surface area contributed by atoms with Crippen LogP contribution in [0.1, 0.15) is 45.4 Å². The SMILES string of the molecule is CCCCCCCC[SiH2]O[Si](OC)(OC)OC. The molecule has 0 N–H and O–H groups in total. The first-order valence-electron chi connectivity index (χ1n) is 6.54. The van der Waals surface area contributed by atoms with Crippen LogP contribution >= 0.6 is 0 Å². The summed E-state index contributed by atoms with van der Waals surface area (Å²) < 4.78 is 21.3. The zero-order valence-corrected chi connectivity index (χ0v) is 14.2. The molecule has 0 aromatic rings. The van der Waals surface area contributed by atoms with Gasteiger partial charge in [-0.2, -0.15) is 0 Å². The average molecular weight is 281 g/mol. The van der Waals surface area contributed by atoms with Gasteiger partial charge in [-0.15, -0.1) is 0 Å². The third-order valence-corrected chi connectivity index (χ3v) is 7.30. The maximum absolute atomic E-state index is 5.72. The van der Waals surface area contributed by atoms with Crippen molar-refractivity contribution in [3.8, 4) is 0 Å². The van der Waals surface area contributed by atoms with Crippen LogP contribution in [-0.4, -0.2) is 40.1 Å². The molecule has 0 radical (unpaired) electrons. The maximum atomic E-state index is 5.72. The Morgan fingerprint density at radius 2 is 1.35 bits per heavy atom. The summed E-state index contributed by atoms with van der Waals surface area (Å²) in [5, 5.41) is 0. The van der Waals surface area contributed by atoms with Gasteiger partial charge in [-0.25, -0.2) is 0 Å².